The van der Waals surface area contributed by atoms with Gasteiger partial charge in [-0.1, -0.05) is 29.5 Å². The van der Waals surface area contributed by atoms with E-state index in [1.807, 2.05) is 24.3 Å². The van der Waals surface area contributed by atoms with Crippen molar-refractivity contribution in [3.63, 3.8) is 0 Å². The number of benzene rings is 2. The number of carbonyl (C=O) groups excluding carboxylic acids is 2. The quantitative estimate of drug-likeness (QED) is 0.630. The summed E-state index contributed by atoms with van der Waals surface area (Å²) in [6.07, 6.45) is 1.79. The van der Waals surface area contributed by atoms with Gasteiger partial charge in [0.05, 0.1) is 16.1 Å². The van der Waals surface area contributed by atoms with Gasteiger partial charge < -0.3 is 20.3 Å². The summed E-state index contributed by atoms with van der Waals surface area (Å²) in [6, 6.07) is 15.2. The molecule has 0 spiro atoms. The number of anilines is 3. The molecule has 2 N–H and O–H groups in total. The van der Waals surface area contributed by atoms with E-state index in [0.717, 1.165) is 34.7 Å². The Balaban J connectivity index is 1.40. The first-order valence-electron chi connectivity index (χ1n) is 9.92. The van der Waals surface area contributed by atoms with Crippen LogP contribution >= 0.6 is 11.3 Å². The van der Waals surface area contributed by atoms with Crippen molar-refractivity contribution < 1.29 is 14.3 Å². The van der Waals surface area contributed by atoms with Gasteiger partial charge in [0.25, 0.3) is 0 Å². The Kier molecular flexibility index (Phi) is 6.25. The summed E-state index contributed by atoms with van der Waals surface area (Å²) in [5.41, 5.74) is 2.28. The number of piperidine rings is 1. The van der Waals surface area contributed by atoms with E-state index in [9.17, 15) is 9.59 Å². The van der Waals surface area contributed by atoms with Crippen LogP contribution in [0.5, 0.6) is 0 Å². The molecule has 8 heteroatoms. The van der Waals surface area contributed by atoms with Crippen LogP contribution in [0, 0.1) is 5.92 Å². The zero-order valence-corrected chi connectivity index (χ0v) is 17.6. The lowest BCUT2D eigenvalue weighted by Gasteiger charge is -2.31. The predicted octanol–water partition coefficient (Wildman–Crippen LogP) is 3.74. The van der Waals surface area contributed by atoms with Crippen molar-refractivity contribution in [1.29, 1.82) is 0 Å². The van der Waals surface area contributed by atoms with Crippen LogP contribution in [0.15, 0.2) is 48.5 Å². The first kappa shape index (κ1) is 20.3. The van der Waals surface area contributed by atoms with Gasteiger partial charge in [0.15, 0.2) is 5.13 Å². The van der Waals surface area contributed by atoms with Crippen molar-refractivity contribution in [3.8, 4) is 0 Å². The predicted molar refractivity (Wildman–Crippen MR) is 120 cm³/mol. The number of carbonyl (C=O) groups is 2. The Morgan fingerprint density at radius 3 is 2.77 bits per heavy atom. The van der Waals surface area contributed by atoms with Crippen molar-refractivity contribution in [3.05, 3.63) is 48.5 Å². The van der Waals surface area contributed by atoms with Crippen LogP contribution in [0.3, 0.4) is 0 Å². The van der Waals surface area contributed by atoms with Crippen LogP contribution in [0.25, 0.3) is 10.2 Å². The standard InChI is InChI=1S/C22H24N4O3S/c1-29-14-20(27)23-16-7-4-8-17(12-16)24-21(28)15-6-5-11-26(13-15)22-25-18-9-2-3-10-19(18)30-22/h2-4,7-10,12,15H,5-6,11,13-14H2,1H3,(H,23,27)(H,24,28)/t15-/m0/s1. The maximum atomic E-state index is 12.9. The number of fused-ring (bicyclic) bond motifs is 1. The summed E-state index contributed by atoms with van der Waals surface area (Å²) in [5.74, 6) is -0.363. The monoisotopic (exact) mass is 424 g/mol. The molecular formula is C22H24N4O3S. The van der Waals surface area contributed by atoms with E-state index in [1.165, 1.54) is 7.11 Å². The number of hydrogen-bond acceptors (Lipinski definition) is 6. The third-order valence-electron chi connectivity index (χ3n) is 5.03. The van der Waals surface area contributed by atoms with Gasteiger partial charge in [-0.25, -0.2) is 4.98 Å². The number of nitrogens with one attached hydrogen (secondary N) is 2. The van der Waals surface area contributed by atoms with Crippen molar-refractivity contribution in [2.45, 2.75) is 12.8 Å². The summed E-state index contributed by atoms with van der Waals surface area (Å²) in [6.45, 7) is 1.54. The Hall–Kier alpha value is -2.97. The minimum absolute atomic E-state index is 0.0128. The van der Waals surface area contributed by atoms with Gasteiger partial charge in [-0.3, -0.25) is 9.59 Å². The van der Waals surface area contributed by atoms with Crippen LogP contribution in [0.1, 0.15) is 12.8 Å². The maximum Gasteiger partial charge on any atom is 0.250 e. The minimum Gasteiger partial charge on any atom is -0.375 e. The van der Waals surface area contributed by atoms with E-state index in [2.05, 4.69) is 21.6 Å². The third-order valence-corrected chi connectivity index (χ3v) is 6.13. The molecule has 7 nitrogen and oxygen atoms in total. The summed E-state index contributed by atoms with van der Waals surface area (Å²) in [4.78, 5) is 31.5. The Labute approximate surface area is 179 Å². The average Bonchev–Trinajstić information content (AvgIpc) is 3.19. The van der Waals surface area contributed by atoms with Gasteiger partial charge in [0, 0.05) is 31.6 Å². The first-order chi connectivity index (χ1) is 14.6. The summed E-state index contributed by atoms with van der Waals surface area (Å²) in [7, 11) is 1.47. The molecule has 0 unspecified atom stereocenters. The zero-order chi connectivity index (χ0) is 20.9. The second-order valence-corrected chi connectivity index (χ2v) is 8.31. The van der Waals surface area contributed by atoms with Gasteiger partial charge in [0.1, 0.15) is 6.61 Å². The van der Waals surface area contributed by atoms with Crippen LogP contribution in [-0.2, 0) is 14.3 Å². The molecule has 1 fully saturated rings. The second-order valence-electron chi connectivity index (χ2n) is 7.30. The van der Waals surface area contributed by atoms with Gasteiger partial charge >= 0.3 is 0 Å². The smallest absolute Gasteiger partial charge is 0.250 e. The molecule has 3 aromatic rings. The fourth-order valence-electron chi connectivity index (χ4n) is 3.61. The number of thiazole rings is 1. The van der Waals surface area contributed by atoms with Crippen LogP contribution in [0.2, 0.25) is 0 Å². The first-order valence-corrected chi connectivity index (χ1v) is 10.7. The van der Waals surface area contributed by atoms with Gasteiger partial charge in [-0.15, -0.1) is 0 Å². The van der Waals surface area contributed by atoms with Crippen LogP contribution in [0.4, 0.5) is 16.5 Å². The summed E-state index contributed by atoms with van der Waals surface area (Å²) in [5, 5.41) is 6.71. The number of aromatic nitrogens is 1. The molecule has 0 aliphatic carbocycles. The molecular weight excluding hydrogens is 400 g/mol. The van der Waals surface area contributed by atoms with Gasteiger partial charge in [0.2, 0.25) is 11.8 Å². The molecule has 1 saturated heterocycles. The van der Waals surface area contributed by atoms with Crippen LogP contribution in [-0.4, -0.2) is 43.6 Å². The molecule has 0 bridgehead atoms. The Morgan fingerprint density at radius 2 is 1.97 bits per heavy atom. The molecule has 0 radical (unpaired) electrons. The molecule has 0 saturated carbocycles. The molecule has 30 heavy (non-hydrogen) atoms. The summed E-state index contributed by atoms with van der Waals surface area (Å²) < 4.78 is 5.98. The lowest BCUT2D eigenvalue weighted by Crippen LogP contribution is -2.40. The number of rotatable bonds is 6. The van der Waals surface area contributed by atoms with E-state index in [1.54, 1.807) is 29.5 Å². The van der Waals surface area contributed by atoms with Gasteiger partial charge in [-0.2, -0.15) is 0 Å². The highest BCUT2D eigenvalue weighted by Gasteiger charge is 2.27. The molecule has 1 aliphatic rings. The highest BCUT2D eigenvalue weighted by atomic mass is 32.1. The SMILES string of the molecule is COCC(=O)Nc1cccc(NC(=O)[C@H]2CCCN(c3nc4ccccc4s3)C2)c1. The van der Waals surface area contributed by atoms with E-state index in [0.29, 0.717) is 17.9 Å². The molecule has 1 aliphatic heterocycles. The minimum atomic E-state index is -0.236. The van der Waals surface area contributed by atoms with Crippen molar-refractivity contribution in [2.24, 2.45) is 5.92 Å². The van der Waals surface area contributed by atoms with E-state index in [4.69, 9.17) is 9.72 Å². The molecule has 1 atom stereocenters. The Bertz CT molecular complexity index is 1020. The molecule has 2 heterocycles. The molecule has 156 valence electrons. The van der Waals surface area contributed by atoms with Crippen molar-refractivity contribution in [1.82, 2.24) is 4.98 Å². The summed E-state index contributed by atoms with van der Waals surface area (Å²) >= 11 is 1.67. The largest absolute Gasteiger partial charge is 0.375 e. The lowest BCUT2D eigenvalue weighted by molar-refractivity contribution is -0.120. The van der Waals surface area contributed by atoms with Gasteiger partial charge in [-0.05, 0) is 43.2 Å². The number of para-hydroxylation sites is 1. The zero-order valence-electron chi connectivity index (χ0n) is 16.8. The fraction of sp³-hybridized carbons (Fsp3) is 0.318. The van der Waals surface area contributed by atoms with E-state index < -0.39 is 0 Å². The highest BCUT2D eigenvalue weighted by Crippen LogP contribution is 2.31. The molecule has 1 aromatic heterocycles. The van der Waals surface area contributed by atoms with Crippen molar-refractivity contribution in [2.75, 3.05) is 42.3 Å². The Morgan fingerprint density at radius 1 is 1.17 bits per heavy atom. The van der Waals surface area contributed by atoms with E-state index in [-0.39, 0.29) is 24.3 Å². The second kappa shape index (κ2) is 9.23. The number of hydrogen-bond donors (Lipinski definition) is 2. The maximum absolute atomic E-state index is 12.9. The highest BCUT2D eigenvalue weighted by molar-refractivity contribution is 7.22. The lowest BCUT2D eigenvalue weighted by atomic mass is 9.97. The molecule has 2 aromatic carbocycles. The number of nitrogens with zero attached hydrogens (tertiary/aromatic N) is 2. The van der Waals surface area contributed by atoms with Crippen molar-refractivity contribution >= 4 is 49.9 Å². The number of ether oxygens (including phenoxy) is 1. The van der Waals surface area contributed by atoms with Crippen LogP contribution < -0.4 is 15.5 Å². The number of methoxy groups -OCH3 is 1. The number of amides is 2. The van der Waals surface area contributed by atoms with E-state index >= 15 is 0 Å². The normalized spacial score (nSPS) is 16.4. The topological polar surface area (TPSA) is 83.6 Å². The molecule has 4 rings (SSSR count). The third kappa shape index (κ3) is 4.77. The average molecular weight is 425 g/mol. The fourth-order valence-corrected chi connectivity index (χ4v) is 4.61. The molecule has 2 amide bonds.